The number of benzene rings is 3. The second-order valence-corrected chi connectivity index (χ2v) is 7.95. The Hall–Kier alpha value is -2.50. The Bertz CT molecular complexity index is 956. The lowest BCUT2D eigenvalue weighted by atomic mass is 10.2. The van der Waals surface area contributed by atoms with Crippen LogP contribution >= 0.6 is 11.6 Å². The highest BCUT2D eigenvalue weighted by Gasteiger charge is 2.25. The predicted octanol–water partition coefficient (Wildman–Crippen LogP) is 4.74. The van der Waals surface area contributed by atoms with Crippen LogP contribution in [0.25, 0.3) is 0 Å². The number of halogens is 1. The third-order valence-electron chi connectivity index (χ3n) is 3.93. The molecule has 6 heteroatoms. The number of hydrogen-bond acceptors (Lipinski definition) is 3. The topological polar surface area (TPSA) is 46.6 Å². The molecule has 0 heterocycles. The van der Waals surface area contributed by atoms with Crippen LogP contribution < -0.4 is 9.04 Å². The van der Waals surface area contributed by atoms with Gasteiger partial charge in [-0.15, -0.1) is 0 Å². The van der Waals surface area contributed by atoms with Gasteiger partial charge in [-0.1, -0.05) is 41.9 Å². The van der Waals surface area contributed by atoms with Crippen molar-refractivity contribution in [3.05, 3.63) is 89.4 Å². The molecule has 0 atom stereocenters. The second kappa shape index (κ2) is 7.81. The highest BCUT2D eigenvalue weighted by atomic mass is 35.5. The molecule has 0 aliphatic carbocycles. The predicted molar refractivity (Wildman–Crippen MR) is 104 cm³/mol. The van der Waals surface area contributed by atoms with Crippen molar-refractivity contribution in [1.29, 1.82) is 0 Å². The van der Waals surface area contributed by atoms with E-state index in [0.717, 1.165) is 5.56 Å². The van der Waals surface area contributed by atoms with E-state index in [2.05, 4.69) is 0 Å². The molecule has 0 saturated heterocycles. The Morgan fingerprint density at radius 2 is 1.50 bits per heavy atom. The number of rotatable bonds is 6. The van der Waals surface area contributed by atoms with Crippen LogP contribution in [0.2, 0.25) is 5.02 Å². The minimum absolute atomic E-state index is 0.189. The number of anilines is 1. The van der Waals surface area contributed by atoms with E-state index in [9.17, 15) is 8.42 Å². The molecule has 0 spiro atoms. The molecule has 134 valence electrons. The highest BCUT2D eigenvalue weighted by molar-refractivity contribution is 7.92. The summed E-state index contributed by atoms with van der Waals surface area (Å²) in [6.07, 6.45) is 0. The normalized spacial score (nSPS) is 11.2. The fourth-order valence-corrected chi connectivity index (χ4v) is 4.13. The van der Waals surface area contributed by atoms with Crippen LogP contribution in [0.1, 0.15) is 5.56 Å². The Morgan fingerprint density at radius 1 is 0.885 bits per heavy atom. The fourth-order valence-electron chi connectivity index (χ4n) is 2.55. The van der Waals surface area contributed by atoms with Crippen molar-refractivity contribution < 1.29 is 13.2 Å². The third-order valence-corrected chi connectivity index (χ3v) is 5.97. The van der Waals surface area contributed by atoms with Crippen LogP contribution in [0.5, 0.6) is 5.75 Å². The minimum Gasteiger partial charge on any atom is -0.497 e. The molecular weight excluding hydrogens is 370 g/mol. The van der Waals surface area contributed by atoms with E-state index < -0.39 is 10.0 Å². The van der Waals surface area contributed by atoms with Crippen molar-refractivity contribution in [3.8, 4) is 5.75 Å². The summed E-state index contributed by atoms with van der Waals surface area (Å²) in [6.45, 7) is 0.220. The van der Waals surface area contributed by atoms with Crippen molar-refractivity contribution in [2.75, 3.05) is 11.4 Å². The van der Waals surface area contributed by atoms with Crippen LogP contribution in [-0.4, -0.2) is 15.5 Å². The molecule has 0 saturated carbocycles. The molecule has 0 amide bonds. The van der Waals surface area contributed by atoms with Crippen LogP contribution in [0.15, 0.2) is 83.8 Å². The highest BCUT2D eigenvalue weighted by Crippen LogP contribution is 2.28. The Morgan fingerprint density at radius 3 is 2.08 bits per heavy atom. The van der Waals surface area contributed by atoms with Crippen LogP contribution in [0.4, 0.5) is 5.69 Å². The first-order valence-corrected chi connectivity index (χ1v) is 9.79. The average Bonchev–Trinajstić information content (AvgIpc) is 2.67. The monoisotopic (exact) mass is 387 g/mol. The van der Waals surface area contributed by atoms with Crippen LogP contribution in [0, 0.1) is 0 Å². The van der Waals surface area contributed by atoms with Gasteiger partial charge in [-0.3, -0.25) is 4.31 Å². The maximum Gasteiger partial charge on any atom is 0.264 e. The maximum atomic E-state index is 13.3. The summed E-state index contributed by atoms with van der Waals surface area (Å²) in [5.74, 6) is 0.664. The minimum atomic E-state index is -3.75. The van der Waals surface area contributed by atoms with Crippen molar-refractivity contribution in [2.45, 2.75) is 11.4 Å². The van der Waals surface area contributed by atoms with Gasteiger partial charge >= 0.3 is 0 Å². The van der Waals surface area contributed by atoms with E-state index in [1.165, 1.54) is 16.4 Å². The summed E-state index contributed by atoms with van der Waals surface area (Å²) in [6, 6.07) is 22.6. The third kappa shape index (κ3) is 4.00. The molecule has 0 radical (unpaired) electrons. The van der Waals surface area contributed by atoms with Gasteiger partial charge in [0.05, 0.1) is 24.2 Å². The van der Waals surface area contributed by atoms with Gasteiger partial charge in [0.2, 0.25) is 0 Å². The van der Waals surface area contributed by atoms with Gasteiger partial charge in [-0.2, -0.15) is 0 Å². The number of methoxy groups -OCH3 is 1. The van der Waals surface area contributed by atoms with Gasteiger partial charge in [0.25, 0.3) is 10.0 Å². The molecule has 26 heavy (non-hydrogen) atoms. The van der Waals surface area contributed by atoms with E-state index in [-0.39, 0.29) is 11.4 Å². The lowest BCUT2D eigenvalue weighted by Gasteiger charge is -2.25. The summed E-state index contributed by atoms with van der Waals surface area (Å²) in [4.78, 5) is 0.189. The zero-order valence-corrected chi connectivity index (χ0v) is 15.7. The van der Waals surface area contributed by atoms with Crippen molar-refractivity contribution in [3.63, 3.8) is 0 Å². The number of hydrogen-bond donors (Lipinski definition) is 0. The molecule has 3 aromatic rings. The Labute approximate surface area is 158 Å². The molecule has 3 rings (SSSR count). The lowest BCUT2D eigenvalue weighted by molar-refractivity contribution is 0.415. The molecule has 0 bridgehead atoms. The smallest absolute Gasteiger partial charge is 0.264 e. The molecule has 0 N–H and O–H groups in total. The van der Waals surface area contributed by atoms with E-state index >= 15 is 0 Å². The molecule has 0 aromatic heterocycles. The standard InChI is InChI=1S/C20H18ClNO3S/c1-25-19-11-9-18(10-12-19)22(15-16-5-3-2-4-6-16)26(23,24)20-13-7-17(21)8-14-20/h2-14H,15H2,1H3. The van der Waals surface area contributed by atoms with Gasteiger partial charge < -0.3 is 4.74 Å². The summed E-state index contributed by atoms with van der Waals surface area (Å²) in [5.41, 5.74) is 1.45. The molecule has 4 nitrogen and oxygen atoms in total. The first kappa shape index (κ1) is 18.3. The SMILES string of the molecule is COc1ccc(N(Cc2ccccc2)S(=O)(=O)c2ccc(Cl)cc2)cc1. The molecule has 3 aromatic carbocycles. The molecule has 0 fully saturated rings. The number of sulfonamides is 1. The average molecular weight is 388 g/mol. The summed E-state index contributed by atoms with van der Waals surface area (Å²) < 4.78 is 33.1. The summed E-state index contributed by atoms with van der Waals surface area (Å²) in [5, 5.41) is 0.489. The van der Waals surface area contributed by atoms with Gasteiger partial charge in [0, 0.05) is 5.02 Å². The first-order chi connectivity index (χ1) is 12.5. The zero-order chi connectivity index (χ0) is 18.6. The maximum absolute atomic E-state index is 13.3. The lowest BCUT2D eigenvalue weighted by Crippen LogP contribution is -2.30. The second-order valence-electron chi connectivity index (χ2n) is 5.65. The quantitative estimate of drug-likeness (QED) is 0.613. The van der Waals surface area contributed by atoms with Crippen LogP contribution in [-0.2, 0) is 16.6 Å². The largest absolute Gasteiger partial charge is 0.497 e. The molecule has 0 aliphatic heterocycles. The Balaban J connectivity index is 2.05. The van der Waals surface area contributed by atoms with E-state index in [0.29, 0.717) is 16.5 Å². The van der Waals surface area contributed by atoms with Gasteiger partial charge in [0.1, 0.15) is 5.75 Å². The summed E-state index contributed by atoms with van der Waals surface area (Å²) in [7, 11) is -2.18. The van der Waals surface area contributed by atoms with Crippen molar-refractivity contribution in [2.24, 2.45) is 0 Å². The number of ether oxygens (including phenoxy) is 1. The first-order valence-electron chi connectivity index (χ1n) is 7.97. The van der Waals surface area contributed by atoms with Gasteiger partial charge in [-0.25, -0.2) is 8.42 Å². The Kier molecular flexibility index (Phi) is 5.49. The van der Waals surface area contributed by atoms with Crippen molar-refractivity contribution in [1.82, 2.24) is 0 Å². The molecule has 0 unspecified atom stereocenters. The van der Waals surface area contributed by atoms with Gasteiger partial charge in [0.15, 0.2) is 0 Å². The van der Waals surface area contributed by atoms with E-state index in [4.69, 9.17) is 16.3 Å². The molecular formula is C20H18ClNO3S. The summed E-state index contributed by atoms with van der Waals surface area (Å²) >= 11 is 5.90. The van der Waals surface area contributed by atoms with Crippen LogP contribution in [0.3, 0.4) is 0 Å². The zero-order valence-electron chi connectivity index (χ0n) is 14.2. The van der Waals surface area contributed by atoms with E-state index in [1.54, 1.807) is 43.5 Å². The molecule has 0 aliphatic rings. The van der Waals surface area contributed by atoms with Gasteiger partial charge in [-0.05, 0) is 54.1 Å². The van der Waals surface area contributed by atoms with E-state index in [1.807, 2.05) is 30.3 Å². The number of nitrogens with zero attached hydrogens (tertiary/aromatic N) is 1. The van der Waals surface area contributed by atoms with Crippen molar-refractivity contribution >= 4 is 27.3 Å². The fraction of sp³-hybridized carbons (Fsp3) is 0.100.